The maximum Gasteiger partial charge on any atom is 0.222 e. The number of Topliss-reactive ketones (excluding diaryl/α,β-unsaturated/α-hetero) is 1. The van der Waals surface area contributed by atoms with E-state index in [9.17, 15) is 9.59 Å². The summed E-state index contributed by atoms with van der Waals surface area (Å²) in [5.74, 6) is 1.30. The Morgan fingerprint density at radius 2 is 1.83 bits per heavy atom. The van der Waals surface area contributed by atoms with Crippen molar-refractivity contribution in [3.05, 3.63) is 0 Å². The molecule has 1 rings (SSSR count). The average molecular weight is 452 g/mol. The Labute approximate surface area is 183 Å². The summed E-state index contributed by atoms with van der Waals surface area (Å²) in [6.07, 6.45) is 4.91. The van der Waals surface area contributed by atoms with Crippen molar-refractivity contribution in [1.82, 2.24) is 4.90 Å². The molecule has 0 unspecified atom stereocenters. The van der Waals surface area contributed by atoms with Gasteiger partial charge in [-0.25, -0.2) is 0 Å². The molecular formula is C20H37NO6S2. The van der Waals surface area contributed by atoms with Crippen LogP contribution in [0.15, 0.2) is 0 Å². The first-order valence-corrected chi connectivity index (χ1v) is 12.7. The number of ether oxygens (including phenoxy) is 3. The van der Waals surface area contributed by atoms with E-state index in [0.29, 0.717) is 52.2 Å². The van der Waals surface area contributed by atoms with E-state index in [0.717, 1.165) is 31.4 Å². The van der Waals surface area contributed by atoms with Crippen LogP contribution in [0.5, 0.6) is 0 Å². The zero-order chi connectivity index (χ0) is 21.3. The van der Waals surface area contributed by atoms with E-state index in [1.807, 2.05) is 11.8 Å². The van der Waals surface area contributed by atoms with E-state index in [4.69, 9.17) is 18.4 Å². The van der Waals surface area contributed by atoms with Crippen LogP contribution in [0, 0.1) is 0 Å². The van der Waals surface area contributed by atoms with E-state index < -0.39 is 0 Å². The first-order valence-electron chi connectivity index (χ1n) is 10.4. The van der Waals surface area contributed by atoms with Gasteiger partial charge in [0.15, 0.2) is 0 Å². The number of likely N-dealkylation sites (tertiary alicyclic amines) is 1. The molecule has 0 radical (unpaired) electrons. The predicted molar refractivity (Wildman–Crippen MR) is 118 cm³/mol. The van der Waals surface area contributed by atoms with Crippen LogP contribution in [0.2, 0.25) is 0 Å². The minimum atomic E-state index is 0.0896. The molecule has 1 aliphatic rings. The Bertz CT molecular complexity index is 455. The summed E-state index contributed by atoms with van der Waals surface area (Å²) in [6.45, 7) is 5.03. The van der Waals surface area contributed by atoms with Gasteiger partial charge in [-0.15, -0.1) is 0 Å². The number of rotatable bonds is 18. The van der Waals surface area contributed by atoms with Crippen LogP contribution in [0.25, 0.3) is 0 Å². The maximum absolute atomic E-state index is 12.5. The highest BCUT2D eigenvalue weighted by atomic mass is 33.1. The molecule has 0 saturated carbocycles. The van der Waals surface area contributed by atoms with Gasteiger partial charge in [0.05, 0.1) is 43.0 Å². The van der Waals surface area contributed by atoms with E-state index in [1.165, 1.54) is 11.1 Å². The lowest BCUT2D eigenvalue weighted by atomic mass is 10.1. The molecule has 0 aliphatic carbocycles. The van der Waals surface area contributed by atoms with Crippen LogP contribution >= 0.6 is 21.9 Å². The third-order valence-corrected chi connectivity index (χ3v) is 6.67. The minimum absolute atomic E-state index is 0.0896. The summed E-state index contributed by atoms with van der Waals surface area (Å²) >= 11 is 1.36. The number of hydrogen-bond donors (Lipinski definition) is 0. The molecule has 0 aromatic heterocycles. The van der Waals surface area contributed by atoms with Crippen molar-refractivity contribution in [2.24, 2.45) is 0 Å². The summed E-state index contributed by atoms with van der Waals surface area (Å²) in [5, 5.41) is 0. The van der Waals surface area contributed by atoms with E-state index in [1.54, 1.807) is 25.0 Å². The highest BCUT2D eigenvalue weighted by Crippen LogP contribution is 2.24. The van der Waals surface area contributed by atoms with Gasteiger partial charge in [0, 0.05) is 52.4 Å². The molecule has 0 bridgehead atoms. The van der Waals surface area contributed by atoms with Gasteiger partial charge in [-0.3, -0.25) is 9.59 Å². The third kappa shape index (κ3) is 12.2. The molecule has 1 heterocycles. The van der Waals surface area contributed by atoms with E-state index in [-0.39, 0.29) is 23.8 Å². The van der Waals surface area contributed by atoms with Gasteiger partial charge in [0.2, 0.25) is 5.91 Å². The Morgan fingerprint density at radius 1 is 1.07 bits per heavy atom. The van der Waals surface area contributed by atoms with Gasteiger partial charge in [0.25, 0.3) is 0 Å². The molecule has 0 spiro atoms. The highest BCUT2D eigenvalue weighted by molar-refractivity contribution is 8.74. The number of carbonyl (C=O) groups is 2. The molecule has 0 aromatic rings. The summed E-state index contributed by atoms with van der Waals surface area (Å²) in [5.41, 5.74) is 0. The second-order valence-corrected chi connectivity index (χ2v) is 9.14. The number of hydrogen-bond acceptors (Lipinski definition) is 8. The molecule has 0 N–H and O–H groups in total. The number of carbonyl (C=O) groups excluding carboxylic acids is 2. The van der Waals surface area contributed by atoms with Crippen molar-refractivity contribution in [2.45, 2.75) is 64.0 Å². The zero-order valence-corrected chi connectivity index (χ0v) is 19.7. The molecule has 2 atom stereocenters. The minimum Gasteiger partial charge on any atom is -0.383 e. The van der Waals surface area contributed by atoms with Gasteiger partial charge in [0.1, 0.15) is 5.78 Å². The van der Waals surface area contributed by atoms with Crippen LogP contribution in [0.1, 0.15) is 51.9 Å². The van der Waals surface area contributed by atoms with Crippen LogP contribution in [-0.2, 0) is 28.0 Å². The van der Waals surface area contributed by atoms with E-state index >= 15 is 0 Å². The molecule has 29 heavy (non-hydrogen) atoms. The highest BCUT2D eigenvalue weighted by Gasteiger charge is 2.34. The van der Waals surface area contributed by atoms with Gasteiger partial charge >= 0.3 is 0 Å². The monoisotopic (exact) mass is 451 g/mol. The number of nitrogens with zero attached hydrogens (tertiary/aromatic N) is 1. The van der Waals surface area contributed by atoms with Crippen molar-refractivity contribution in [3.63, 3.8) is 0 Å². The molecule has 0 aromatic carbocycles. The fourth-order valence-corrected chi connectivity index (χ4v) is 4.74. The number of unbranched alkanes of at least 4 members (excludes halogenated alkanes) is 1. The number of methoxy groups -OCH3 is 2. The van der Waals surface area contributed by atoms with E-state index in [2.05, 4.69) is 0 Å². The van der Waals surface area contributed by atoms with Crippen LogP contribution in [0.3, 0.4) is 0 Å². The number of amides is 1. The van der Waals surface area contributed by atoms with Crippen molar-refractivity contribution < 1.29 is 28.0 Å². The summed E-state index contributed by atoms with van der Waals surface area (Å²) in [4.78, 5) is 26.4. The topological polar surface area (TPSA) is 74.3 Å². The maximum atomic E-state index is 12.5. The van der Waals surface area contributed by atoms with Gasteiger partial charge in [-0.05, 0) is 32.6 Å². The van der Waals surface area contributed by atoms with Crippen LogP contribution in [-0.4, -0.2) is 81.7 Å². The zero-order valence-electron chi connectivity index (χ0n) is 18.1. The Hall–Kier alpha value is -0.320. The molecule has 1 aliphatic heterocycles. The molecule has 1 fully saturated rings. The second kappa shape index (κ2) is 17.4. The Morgan fingerprint density at radius 3 is 2.55 bits per heavy atom. The smallest absolute Gasteiger partial charge is 0.222 e. The van der Waals surface area contributed by atoms with Crippen molar-refractivity contribution in [1.29, 1.82) is 0 Å². The van der Waals surface area contributed by atoms with Crippen LogP contribution < -0.4 is 0 Å². The average Bonchev–Trinajstić information content (AvgIpc) is 3.13. The standard InChI is InChI=1S/C20H37NO6S2/c1-4-26-11-12-27-29-28-13-7-9-18(22)8-5-6-10-20(23)21-15-19(25-3)14-17(21)16-24-2/h17,19H,4-16H2,1-3H3/t17-,19+/m1/s1. The fraction of sp³-hybridized carbons (Fsp3) is 0.900. The Kier molecular flexibility index (Phi) is 16.0. The first kappa shape index (κ1) is 26.7. The molecule has 1 saturated heterocycles. The summed E-state index contributed by atoms with van der Waals surface area (Å²) in [6, 6.07) is 0.0950. The second-order valence-electron chi connectivity index (χ2n) is 7.01. The number of ketones is 1. The molecule has 1 amide bonds. The lowest BCUT2D eigenvalue weighted by molar-refractivity contribution is -0.133. The lowest BCUT2D eigenvalue weighted by Crippen LogP contribution is -2.38. The van der Waals surface area contributed by atoms with Crippen LogP contribution in [0.4, 0.5) is 0 Å². The summed E-state index contributed by atoms with van der Waals surface area (Å²) in [7, 11) is 4.96. The van der Waals surface area contributed by atoms with Crippen molar-refractivity contribution in [3.8, 4) is 0 Å². The quantitative estimate of drug-likeness (QED) is 0.178. The SMILES string of the molecule is CCOCCOSSCCCC(=O)CCCCC(=O)N1C[C@@H](OC)C[C@@H]1COC. The van der Waals surface area contributed by atoms with Gasteiger partial charge in [-0.1, -0.05) is 10.8 Å². The third-order valence-electron chi connectivity index (χ3n) is 4.78. The molecule has 7 nitrogen and oxygen atoms in total. The molecular weight excluding hydrogens is 414 g/mol. The lowest BCUT2D eigenvalue weighted by Gasteiger charge is -2.23. The first-order chi connectivity index (χ1) is 14.1. The Balaban J connectivity index is 2.03. The fourth-order valence-electron chi connectivity index (χ4n) is 3.23. The molecule has 170 valence electrons. The normalized spacial score (nSPS) is 19.1. The summed E-state index contributed by atoms with van der Waals surface area (Å²) < 4.78 is 21.2. The van der Waals surface area contributed by atoms with Gasteiger partial charge in [-0.2, -0.15) is 0 Å². The van der Waals surface area contributed by atoms with Crippen molar-refractivity contribution in [2.75, 3.05) is 52.9 Å². The largest absolute Gasteiger partial charge is 0.383 e. The van der Waals surface area contributed by atoms with Crippen molar-refractivity contribution >= 4 is 33.6 Å². The molecule has 9 heteroatoms. The predicted octanol–water partition coefficient (Wildman–Crippen LogP) is 3.51. The van der Waals surface area contributed by atoms with Gasteiger partial charge < -0.3 is 23.3 Å².